The van der Waals surface area contributed by atoms with E-state index in [-0.39, 0.29) is 0 Å². The summed E-state index contributed by atoms with van der Waals surface area (Å²) in [7, 11) is -1.39. The van der Waals surface area contributed by atoms with Gasteiger partial charge in [-0.3, -0.25) is 0 Å². The van der Waals surface area contributed by atoms with Gasteiger partial charge in [-0.2, -0.15) is 0 Å². The molecule has 0 spiro atoms. The molecule has 1 aromatic carbocycles. The van der Waals surface area contributed by atoms with Crippen molar-refractivity contribution in [2.45, 2.75) is 6.61 Å². The molecule has 0 saturated heterocycles. The van der Waals surface area contributed by atoms with Gasteiger partial charge >= 0.3 is 7.12 Å². The fourth-order valence-electron chi connectivity index (χ4n) is 0.996. The van der Waals surface area contributed by atoms with Crippen molar-refractivity contribution in [3.63, 3.8) is 0 Å². The second kappa shape index (κ2) is 6.37. The van der Waals surface area contributed by atoms with Crippen molar-refractivity contribution in [3.05, 3.63) is 47.9 Å². The van der Waals surface area contributed by atoms with Crippen LogP contribution in [0.5, 0.6) is 0 Å². The van der Waals surface area contributed by atoms with Crippen LogP contribution in [-0.2, 0) is 11.3 Å². The molecule has 1 rings (SSSR count). The highest BCUT2D eigenvalue weighted by atomic mass is 16.5. The number of benzene rings is 1. The molecule has 4 heteroatoms. The van der Waals surface area contributed by atoms with Crippen molar-refractivity contribution in [1.82, 2.24) is 0 Å². The van der Waals surface area contributed by atoms with Crippen LogP contribution in [0.2, 0.25) is 0 Å². The predicted octanol–water partition coefficient (Wildman–Crippen LogP) is 0.771. The number of rotatable bonds is 5. The minimum Gasteiger partial charge on any atom is -0.424 e. The lowest BCUT2D eigenvalue weighted by atomic mass is 9.92. The second-order valence-corrected chi connectivity index (χ2v) is 2.84. The highest BCUT2D eigenvalue weighted by Gasteiger charge is 1.96. The van der Waals surface area contributed by atoms with E-state index in [9.17, 15) is 0 Å². The lowest BCUT2D eigenvalue weighted by Crippen LogP contribution is -2.06. The molecule has 0 aromatic heterocycles. The summed E-state index contributed by atoms with van der Waals surface area (Å²) in [6, 6.07) is 9.80. The van der Waals surface area contributed by atoms with Gasteiger partial charge in [0.25, 0.3) is 0 Å². The quantitative estimate of drug-likeness (QED) is 0.535. The van der Waals surface area contributed by atoms with Gasteiger partial charge < -0.3 is 14.8 Å². The first kappa shape index (κ1) is 11.0. The summed E-state index contributed by atoms with van der Waals surface area (Å²) in [5, 5.41) is 17.0. The van der Waals surface area contributed by atoms with Crippen LogP contribution in [0, 0.1) is 0 Å². The third kappa shape index (κ3) is 4.82. The van der Waals surface area contributed by atoms with Gasteiger partial charge in [-0.1, -0.05) is 42.4 Å². The first-order valence-corrected chi connectivity index (χ1v) is 4.43. The summed E-state index contributed by atoms with van der Waals surface area (Å²) < 4.78 is 5.26. The van der Waals surface area contributed by atoms with Crippen LogP contribution in [0.1, 0.15) is 5.56 Å². The molecular formula is C10H13BO3. The van der Waals surface area contributed by atoms with Gasteiger partial charge in [0, 0.05) is 0 Å². The Hall–Kier alpha value is -1.10. The van der Waals surface area contributed by atoms with Gasteiger partial charge in [0.15, 0.2) is 0 Å². The standard InChI is InChI=1S/C10H13BO3/c12-11(13)7-4-8-14-9-10-5-2-1-3-6-10/h1-7,12-13H,8-9H2/b7-4-. The monoisotopic (exact) mass is 192 g/mol. The Morgan fingerprint density at radius 3 is 2.57 bits per heavy atom. The van der Waals surface area contributed by atoms with E-state index in [1.165, 1.54) is 5.98 Å². The Kier molecular flexibility index (Phi) is 5.00. The normalized spacial score (nSPS) is 10.7. The molecule has 0 fully saturated rings. The van der Waals surface area contributed by atoms with E-state index in [0.717, 1.165) is 5.56 Å². The lowest BCUT2D eigenvalue weighted by molar-refractivity contribution is 0.148. The molecule has 0 aliphatic rings. The maximum absolute atomic E-state index is 8.48. The summed E-state index contributed by atoms with van der Waals surface area (Å²) >= 11 is 0. The Morgan fingerprint density at radius 1 is 1.21 bits per heavy atom. The van der Waals surface area contributed by atoms with Gasteiger partial charge in [0.05, 0.1) is 13.2 Å². The van der Waals surface area contributed by atoms with Crippen LogP contribution in [0.4, 0.5) is 0 Å². The van der Waals surface area contributed by atoms with Crippen LogP contribution in [0.25, 0.3) is 0 Å². The molecule has 0 heterocycles. The van der Waals surface area contributed by atoms with E-state index in [1.807, 2.05) is 30.3 Å². The van der Waals surface area contributed by atoms with Crippen LogP contribution < -0.4 is 0 Å². The molecule has 74 valence electrons. The van der Waals surface area contributed by atoms with Gasteiger partial charge in [0.2, 0.25) is 0 Å². The molecular weight excluding hydrogens is 179 g/mol. The van der Waals surface area contributed by atoms with Gasteiger partial charge in [0.1, 0.15) is 0 Å². The summed E-state index contributed by atoms with van der Waals surface area (Å²) in [6.07, 6.45) is 1.58. The zero-order valence-corrected chi connectivity index (χ0v) is 7.84. The maximum Gasteiger partial charge on any atom is 0.480 e. The molecule has 0 amide bonds. The number of hydrogen-bond donors (Lipinski definition) is 2. The molecule has 0 bridgehead atoms. The van der Waals surface area contributed by atoms with E-state index in [0.29, 0.717) is 13.2 Å². The van der Waals surface area contributed by atoms with E-state index in [4.69, 9.17) is 14.8 Å². The smallest absolute Gasteiger partial charge is 0.424 e. The van der Waals surface area contributed by atoms with Crippen molar-refractivity contribution >= 4 is 7.12 Å². The average molecular weight is 192 g/mol. The van der Waals surface area contributed by atoms with Crippen LogP contribution in [0.3, 0.4) is 0 Å². The van der Waals surface area contributed by atoms with Crippen molar-refractivity contribution < 1.29 is 14.8 Å². The molecule has 14 heavy (non-hydrogen) atoms. The van der Waals surface area contributed by atoms with E-state index < -0.39 is 7.12 Å². The lowest BCUT2D eigenvalue weighted by Gasteiger charge is -2.00. The molecule has 0 radical (unpaired) electrons. The van der Waals surface area contributed by atoms with Gasteiger partial charge in [-0.25, -0.2) is 0 Å². The highest BCUT2D eigenvalue weighted by molar-refractivity contribution is 6.47. The van der Waals surface area contributed by atoms with Crippen molar-refractivity contribution in [3.8, 4) is 0 Å². The maximum atomic E-state index is 8.48. The Balaban J connectivity index is 2.16. The van der Waals surface area contributed by atoms with Gasteiger partial charge in [-0.05, 0) is 5.56 Å². The summed E-state index contributed by atoms with van der Waals surface area (Å²) in [4.78, 5) is 0. The first-order chi connectivity index (χ1) is 6.79. The first-order valence-electron chi connectivity index (χ1n) is 4.43. The highest BCUT2D eigenvalue weighted by Crippen LogP contribution is 1.99. The van der Waals surface area contributed by atoms with Crippen molar-refractivity contribution in [2.24, 2.45) is 0 Å². The Bertz CT molecular complexity index is 272. The Labute approximate surface area is 83.8 Å². The average Bonchev–Trinajstić information content (AvgIpc) is 2.18. The molecule has 0 aliphatic heterocycles. The minimum atomic E-state index is -1.39. The SMILES string of the molecule is OB(O)/C=C\COCc1ccccc1. The minimum absolute atomic E-state index is 0.381. The van der Waals surface area contributed by atoms with Gasteiger partial charge in [-0.15, -0.1) is 0 Å². The fourth-order valence-corrected chi connectivity index (χ4v) is 0.996. The van der Waals surface area contributed by atoms with Crippen molar-refractivity contribution in [1.29, 1.82) is 0 Å². The van der Waals surface area contributed by atoms with Crippen LogP contribution >= 0.6 is 0 Å². The van der Waals surface area contributed by atoms with Crippen molar-refractivity contribution in [2.75, 3.05) is 6.61 Å². The molecule has 1 aromatic rings. The molecule has 3 nitrogen and oxygen atoms in total. The molecule has 0 aliphatic carbocycles. The van der Waals surface area contributed by atoms with E-state index in [1.54, 1.807) is 6.08 Å². The predicted molar refractivity (Wildman–Crippen MR) is 55.4 cm³/mol. The summed E-state index contributed by atoms with van der Waals surface area (Å²) in [5.74, 6) is 1.27. The third-order valence-corrected chi connectivity index (χ3v) is 1.63. The topological polar surface area (TPSA) is 49.7 Å². The van der Waals surface area contributed by atoms with Crippen LogP contribution in [-0.4, -0.2) is 23.8 Å². The third-order valence-electron chi connectivity index (χ3n) is 1.63. The zero-order valence-electron chi connectivity index (χ0n) is 7.84. The molecule has 0 saturated carbocycles. The molecule has 2 N–H and O–H groups in total. The molecule has 0 atom stereocenters. The second-order valence-electron chi connectivity index (χ2n) is 2.84. The largest absolute Gasteiger partial charge is 0.480 e. The van der Waals surface area contributed by atoms with E-state index >= 15 is 0 Å². The fraction of sp³-hybridized carbons (Fsp3) is 0.200. The number of hydrogen-bond acceptors (Lipinski definition) is 3. The number of ether oxygens (including phenoxy) is 1. The Morgan fingerprint density at radius 2 is 1.93 bits per heavy atom. The summed E-state index contributed by atoms with van der Waals surface area (Å²) in [6.45, 7) is 0.916. The van der Waals surface area contributed by atoms with E-state index in [2.05, 4.69) is 0 Å². The zero-order chi connectivity index (χ0) is 10.2. The van der Waals surface area contributed by atoms with Crippen LogP contribution in [0.15, 0.2) is 42.4 Å². The summed E-state index contributed by atoms with van der Waals surface area (Å²) in [5.41, 5.74) is 1.10. The molecule has 0 unspecified atom stereocenters.